The Morgan fingerprint density at radius 1 is 0.950 bits per heavy atom. The van der Waals surface area contributed by atoms with Gasteiger partial charge in [-0.15, -0.1) is 0 Å². The summed E-state index contributed by atoms with van der Waals surface area (Å²) in [7, 11) is 6.16. The van der Waals surface area contributed by atoms with Crippen molar-refractivity contribution in [3.8, 4) is 0 Å². The van der Waals surface area contributed by atoms with Crippen LogP contribution in [0.2, 0.25) is 0 Å². The molecular weight excluding hydrogens is 248 g/mol. The molecule has 0 saturated heterocycles. The van der Waals surface area contributed by atoms with E-state index < -0.39 is 0 Å². The van der Waals surface area contributed by atoms with Crippen LogP contribution in [0.3, 0.4) is 0 Å². The van der Waals surface area contributed by atoms with E-state index in [4.69, 9.17) is 0 Å². The molecule has 0 heterocycles. The fourth-order valence-corrected chi connectivity index (χ4v) is 2.33. The fourth-order valence-electron chi connectivity index (χ4n) is 2.33. The zero-order chi connectivity index (χ0) is 15.3. The molecule has 20 heavy (non-hydrogen) atoms. The van der Waals surface area contributed by atoms with Crippen molar-refractivity contribution in [2.45, 2.75) is 27.2 Å². The number of hydrogen-bond donors (Lipinski definition) is 0. The average Bonchev–Trinajstić information content (AvgIpc) is 2.33. The van der Waals surface area contributed by atoms with Gasteiger partial charge in [-0.2, -0.15) is 0 Å². The van der Waals surface area contributed by atoms with Gasteiger partial charge in [-0.1, -0.05) is 6.07 Å². The van der Waals surface area contributed by atoms with Crippen LogP contribution in [0, 0.1) is 20.8 Å². The molecule has 0 bridgehead atoms. The second-order valence-corrected chi connectivity index (χ2v) is 6.07. The molecule has 0 aliphatic heterocycles. The first-order valence-corrected chi connectivity index (χ1v) is 7.25. The summed E-state index contributed by atoms with van der Waals surface area (Å²) in [6.07, 6.45) is 1.09. The highest BCUT2D eigenvalue weighted by Gasteiger charge is 2.13. The molecule has 112 valence electrons. The largest absolute Gasteiger partial charge is 0.309 e. The normalized spacial score (nSPS) is 11.4. The van der Waals surface area contributed by atoms with Crippen LogP contribution in [0.15, 0.2) is 12.1 Å². The van der Waals surface area contributed by atoms with Gasteiger partial charge in [-0.3, -0.25) is 9.69 Å². The molecule has 0 aromatic heterocycles. The average molecular weight is 276 g/mol. The number of aryl methyl sites for hydroxylation is 3. The highest BCUT2D eigenvalue weighted by atomic mass is 16.1. The zero-order valence-corrected chi connectivity index (χ0v) is 13.8. The maximum absolute atomic E-state index is 12.4. The summed E-state index contributed by atoms with van der Waals surface area (Å²) in [6, 6.07) is 4.13. The van der Waals surface area contributed by atoms with Gasteiger partial charge in [0.1, 0.15) is 0 Å². The van der Waals surface area contributed by atoms with E-state index in [0.717, 1.165) is 30.6 Å². The lowest BCUT2D eigenvalue weighted by Gasteiger charge is -2.18. The highest BCUT2D eigenvalue weighted by molar-refractivity contribution is 5.99. The monoisotopic (exact) mass is 276 g/mol. The molecule has 0 atom stereocenters. The smallest absolute Gasteiger partial charge is 0.177 e. The molecule has 1 rings (SSSR count). The van der Waals surface area contributed by atoms with E-state index in [-0.39, 0.29) is 5.78 Å². The van der Waals surface area contributed by atoms with Gasteiger partial charge in [0.15, 0.2) is 5.78 Å². The fraction of sp³-hybridized carbons (Fsp3) is 0.588. The quantitative estimate of drug-likeness (QED) is 0.715. The van der Waals surface area contributed by atoms with E-state index in [9.17, 15) is 4.79 Å². The molecule has 0 unspecified atom stereocenters. The van der Waals surface area contributed by atoms with Gasteiger partial charge < -0.3 is 4.90 Å². The van der Waals surface area contributed by atoms with E-state index >= 15 is 0 Å². The minimum atomic E-state index is 0.220. The van der Waals surface area contributed by atoms with Crippen molar-refractivity contribution in [3.05, 3.63) is 34.4 Å². The van der Waals surface area contributed by atoms with Gasteiger partial charge in [0.05, 0.1) is 6.54 Å². The van der Waals surface area contributed by atoms with Crippen LogP contribution in [-0.2, 0) is 0 Å². The lowest BCUT2D eigenvalue weighted by atomic mass is 9.98. The van der Waals surface area contributed by atoms with Gasteiger partial charge in [0.2, 0.25) is 0 Å². The van der Waals surface area contributed by atoms with Crippen molar-refractivity contribution in [3.63, 3.8) is 0 Å². The third kappa shape index (κ3) is 5.06. The Morgan fingerprint density at radius 3 is 2.15 bits per heavy atom. The summed E-state index contributed by atoms with van der Waals surface area (Å²) in [5, 5.41) is 0. The summed E-state index contributed by atoms with van der Waals surface area (Å²) in [5.41, 5.74) is 4.39. The third-order valence-corrected chi connectivity index (χ3v) is 3.70. The summed E-state index contributed by atoms with van der Waals surface area (Å²) in [4.78, 5) is 16.7. The molecule has 0 saturated carbocycles. The van der Waals surface area contributed by atoms with Gasteiger partial charge in [-0.05, 0) is 84.2 Å². The number of nitrogens with zero attached hydrogens (tertiary/aromatic N) is 2. The number of likely N-dealkylation sites (N-methyl/N-ethyl adjacent to an activating group) is 1. The van der Waals surface area contributed by atoms with Crippen molar-refractivity contribution in [1.29, 1.82) is 0 Å². The standard InChI is InChI=1S/C17H28N2O/c1-13-10-15(3)16(11-14(13)2)17(20)12-19(6)9-7-8-18(4)5/h10-11H,7-9,12H2,1-6H3. The Morgan fingerprint density at radius 2 is 1.55 bits per heavy atom. The minimum Gasteiger partial charge on any atom is -0.309 e. The molecule has 0 spiro atoms. The van der Waals surface area contributed by atoms with Gasteiger partial charge in [-0.25, -0.2) is 0 Å². The number of hydrogen-bond acceptors (Lipinski definition) is 3. The molecule has 0 aliphatic carbocycles. The van der Waals surface area contributed by atoms with Crippen LogP contribution in [0.25, 0.3) is 0 Å². The molecule has 1 aromatic carbocycles. The van der Waals surface area contributed by atoms with Gasteiger partial charge >= 0.3 is 0 Å². The van der Waals surface area contributed by atoms with Crippen LogP contribution in [0.4, 0.5) is 0 Å². The lowest BCUT2D eigenvalue weighted by Crippen LogP contribution is -2.29. The van der Waals surface area contributed by atoms with Crippen LogP contribution in [0.5, 0.6) is 0 Å². The third-order valence-electron chi connectivity index (χ3n) is 3.70. The molecular formula is C17H28N2O. The minimum absolute atomic E-state index is 0.220. The van der Waals surface area contributed by atoms with Crippen LogP contribution >= 0.6 is 0 Å². The van der Waals surface area contributed by atoms with E-state index in [0.29, 0.717) is 6.54 Å². The van der Waals surface area contributed by atoms with Crippen molar-refractivity contribution < 1.29 is 4.79 Å². The molecule has 0 amide bonds. The van der Waals surface area contributed by atoms with Crippen LogP contribution < -0.4 is 0 Å². The number of carbonyl (C=O) groups excluding carboxylic acids is 1. The maximum Gasteiger partial charge on any atom is 0.177 e. The Bertz CT molecular complexity index is 466. The molecule has 0 N–H and O–H groups in total. The Labute approximate surface area is 123 Å². The van der Waals surface area contributed by atoms with E-state index in [1.54, 1.807) is 0 Å². The molecule has 3 nitrogen and oxygen atoms in total. The Kier molecular flexibility index (Phi) is 6.37. The van der Waals surface area contributed by atoms with Crippen LogP contribution in [-0.4, -0.2) is 56.4 Å². The molecule has 1 aromatic rings. The van der Waals surface area contributed by atoms with Gasteiger partial charge in [0, 0.05) is 5.56 Å². The summed E-state index contributed by atoms with van der Waals surface area (Å²) < 4.78 is 0. The van der Waals surface area contributed by atoms with E-state index in [2.05, 4.69) is 43.8 Å². The lowest BCUT2D eigenvalue weighted by molar-refractivity contribution is 0.0944. The van der Waals surface area contributed by atoms with Crippen molar-refractivity contribution in [2.24, 2.45) is 0 Å². The number of ketones is 1. The SMILES string of the molecule is Cc1cc(C)c(C(=O)CN(C)CCCN(C)C)cc1C. The molecule has 0 aliphatic rings. The molecule has 3 heteroatoms. The second kappa shape index (κ2) is 7.55. The summed E-state index contributed by atoms with van der Waals surface area (Å²) in [5.74, 6) is 0.220. The number of benzene rings is 1. The number of rotatable bonds is 7. The Hall–Kier alpha value is -1.19. The summed E-state index contributed by atoms with van der Waals surface area (Å²) in [6.45, 7) is 8.67. The topological polar surface area (TPSA) is 23.6 Å². The van der Waals surface area contributed by atoms with Crippen LogP contribution in [0.1, 0.15) is 33.5 Å². The van der Waals surface area contributed by atoms with Crippen molar-refractivity contribution in [2.75, 3.05) is 40.8 Å². The number of carbonyl (C=O) groups is 1. The predicted molar refractivity (Wildman–Crippen MR) is 85.7 cm³/mol. The highest BCUT2D eigenvalue weighted by Crippen LogP contribution is 2.16. The first-order valence-electron chi connectivity index (χ1n) is 7.25. The van der Waals surface area contributed by atoms with Crippen molar-refractivity contribution in [1.82, 2.24) is 9.80 Å². The summed E-state index contributed by atoms with van der Waals surface area (Å²) >= 11 is 0. The molecule has 0 radical (unpaired) electrons. The molecule has 0 fully saturated rings. The van der Waals surface area contributed by atoms with Crippen molar-refractivity contribution >= 4 is 5.78 Å². The maximum atomic E-state index is 12.4. The number of Topliss-reactive ketones (excluding diaryl/α,β-unsaturated/α-hetero) is 1. The second-order valence-electron chi connectivity index (χ2n) is 6.07. The van der Waals surface area contributed by atoms with E-state index in [1.165, 1.54) is 11.1 Å². The van der Waals surface area contributed by atoms with E-state index in [1.807, 2.05) is 20.0 Å². The predicted octanol–water partition coefficient (Wildman–Crippen LogP) is 2.68. The first kappa shape index (κ1) is 16.9. The zero-order valence-electron chi connectivity index (χ0n) is 13.8. The van der Waals surface area contributed by atoms with Gasteiger partial charge in [0.25, 0.3) is 0 Å². The Balaban J connectivity index is 2.60. The first-order chi connectivity index (χ1) is 9.31.